The van der Waals surface area contributed by atoms with E-state index in [9.17, 15) is 0 Å². The molecule has 3 rings (SSSR count). The van der Waals surface area contributed by atoms with E-state index in [2.05, 4.69) is 12.1 Å². The Balaban J connectivity index is 1.74. The van der Waals surface area contributed by atoms with Crippen LogP contribution in [0.4, 0.5) is 0 Å². The Hall–Kier alpha value is -0.710. The van der Waals surface area contributed by atoms with Crippen molar-refractivity contribution in [2.45, 2.75) is 30.9 Å². The fraction of sp³-hybridized carbons (Fsp3) is 0.625. The molecule has 3 nitrogen and oxygen atoms in total. The lowest BCUT2D eigenvalue weighted by Crippen LogP contribution is -2.42. The summed E-state index contributed by atoms with van der Waals surface area (Å²) in [5.74, 6) is 3.75. The smallest absolute Gasteiger partial charge is 0.119 e. The molecule has 2 heterocycles. The van der Waals surface area contributed by atoms with Crippen molar-refractivity contribution in [1.82, 2.24) is 0 Å². The maximum Gasteiger partial charge on any atom is 0.119 e. The predicted molar refractivity (Wildman–Crippen MR) is 83.3 cm³/mol. The van der Waals surface area contributed by atoms with Gasteiger partial charge in [-0.25, -0.2) is 0 Å². The van der Waals surface area contributed by atoms with Gasteiger partial charge < -0.3 is 15.2 Å². The Morgan fingerprint density at radius 3 is 3.15 bits per heavy atom. The van der Waals surface area contributed by atoms with Crippen LogP contribution in [-0.2, 0) is 4.74 Å². The van der Waals surface area contributed by atoms with E-state index >= 15 is 0 Å². The molecule has 1 spiro atoms. The molecule has 4 heteroatoms. The standard InChI is InChI=1S/C16H23NO2S/c1-18-14-4-2-3-12(9-14)15(17)13-5-7-19-16(10-13)6-8-20-11-16/h2-4,9,13,15H,5-8,10-11,17H2,1H3. The van der Waals surface area contributed by atoms with Gasteiger partial charge in [-0.2, -0.15) is 11.8 Å². The van der Waals surface area contributed by atoms with Crippen LogP contribution in [0.15, 0.2) is 24.3 Å². The molecule has 2 fully saturated rings. The van der Waals surface area contributed by atoms with Crippen LogP contribution >= 0.6 is 11.8 Å². The summed E-state index contributed by atoms with van der Waals surface area (Å²) in [6.07, 6.45) is 3.34. The Bertz CT molecular complexity index is 460. The summed E-state index contributed by atoms with van der Waals surface area (Å²) in [6.45, 7) is 0.850. The Kier molecular flexibility index (Phi) is 4.24. The molecule has 1 aromatic carbocycles. The van der Waals surface area contributed by atoms with Gasteiger partial charge in [0.15, 0.2) is 0 Å². The normalized spacial score (nSPS) is 31.4. The van der Waals surface area contributed by atoms with Gasteiger partial charge in [-0.1, -0.05) is 12.1 Å². The first-order chi connectivity index (χ1) is 9.72. The Morgan fingerprint density at radius 2 is 2.40 bits per heavy atom. The van der Waals surface area contributed by atoms with Crippen LogP contribution in [0.5, 0.6) is 5.75 Å². The monoisotopic (exact) mass is 293 g/mol. The van der Waals surface area contributed by atoms with Crippen LogP contribution in [0.1, 0.15) is 30.9 Å². The highest BCUT2D eigenvalue weighted by Crippen LogP contribution is 2.43. The summed E-state index contributed by atoms with van der Waals surface area (Å²) in [5, 5.41) is 0. The number of nitrogens with two attached hydrogens (primary N) is 1. The van der Waals surface area contributed by atoms with Crippen molar-refractivity contribution in [3.8, 4) is 5.75 Å². The highest BCUT2D eigenvalue weighted by atomic mass is 32.2. The van der Waals surface area contributed by atoms with Crippen LogP contribution in [-0.4, -0.2) is 30.8 Å². The molecule has 0 amide bonds. The molecule has 0 saturated carbocycles. The van der Waals surface area contributed by atoms with Crippen molar-refractivity contribution in [2.24, 2.45) is 11.7 Å². The fourth-order valence-corrected chi connectivity index (χ4v) is 4.73. The van der Waals surface area contributed by atoms with Crippen LogP contribution in [0, 0.1) is 5.92 Å². The lowest BCUT2D eigenvalue weighted by Gasteiger charge is -2.40. The maximum atomic E-state index is 6.53. The minimum Gasteiger partial charge on any atom is -0.497 e. The molecule has 2 aliphatic rings. The van der Waals surface area contributed by atoms with Crippen molar-refractivity contribution in [3.05, 3.63) is 29.8 Å². The molecule has 0 radical (unpaired) electrons. The second-order valence-corrected chi connectivity index (χ2v) is 6.99. The average Bonchev–Trinajstić information content (AvgIpc) is 2.94. The molecule has 2 N–H and O–H groups in total. The van der Waals surface area contributed by atoms with E-state index in [1.807, 2.05) is 23.9 Å². The number of hydrogen-bond donors (Lipinski definition) is 1. The summed E-state index contributed by atoms with van der Waals surface area (Å²) in [5.41, 5.74) is 7.81. The average molecular weight is 293 g/mol. The van der Waals surface area contributed by atoms with Crippen molar-refractivity contribution in [2.75, 3.05) is 25.2 Å². The number of methoxy groups -OCH3 is 1. The summed E-state index contributed by atoms with van der Waals surface area (Å²) in [6, 6.07) is 8.25. The number of benzene rings is 1. The van der Waals surface area contributed by atoms with Gasteiger partial charge in [0.25, 0.3) is 0 Å². The van der Waals surface area contributed by atoms with E-state index < -0.39 is 0 Å². The van der Waals surface area contributed by atoms with Gasteiger partial charge in [0.2, 0.25) is 0 Å². The molecule has 110 valence electrons. The Morgan fingerprint density at radius 1 is 1.50 bits per heavy atom. The zero-order valence-electron chi connectivity index (χ0n) is 12.0. The van der Waals surface area contributed by atoms with Gasteiger partial charge >= 0.3 is 0 Å². The predicted octanol–water partition coefficient (Wildman–Crippen LogP) is 3.00. The van der Waals surface area contributed by atoms with Crippen molar-refractivity contribution >= 4 is 11.8 Å². The third kappa shape index (κ3) is 2.83. The second-order valence-electron chi connectivity index (χ2n) is 5.89. The van der Waals surface area contributed by atoms with Crippen molar-refractivity contribution in [1.29, 1.82) is 0 Å². The molecule has 0 aromatic heterocycles. The zero-order chi connectivity index (χ0) is 14.0. The molecule has 2 saturated heterocycles. The minimum atomic E-state index is 0.0801. The van der Waals surface area contributed by atoms with Crippen molar-refractivity contribution < 1.29 is 9.47 Å². The number of ether oxygens (including phenoxy) is 2. The summed E-state index contributed by atoms with van der Waals surface area (Å²) in [7, 11) is 1.70. The summed E-state index contributed by atoms with van der Waals surface area (Å²) < 4.78 is 11.4. The molecule has 3 unspecified atom stereocenters. The van der Waals surface area contributed by atoms with Gasteiger partial charge in [0.1, 0.15) is 5.75 Å². The first-order valence-electron chi connectivity index (χ1n) is 7.34. The number of hydrogen-bond acceptors (Lipinski definition) is 4. The van der Waals surface area contributed by atoms with Crippen LogP contribution in [0.25, 0.3) is 0 Å². The number of thioether (sulfide) groups is 1. The Labute approximate surface area is 125 Å². The first kappa shape index (κ1) is 14.2. The van der Waals surface area contributed by atoms with E-state index in [1.165, 1.54) is 17.7 Å². The summed E-state index contributed by atoms with van der Waals surface area (Å²) in [4.78, 5) is 0. The molecule has 3 atom stereocenters. The van der Waals surface area contributed by atoms with E-state index in [0.717, 1.165) is 31.0 Å². The third-order valence-corrected chi connectivity index (χ3v) is 5.81. The third-order valence-electron chi connectivity index (χ3n) is 4.58. The van der Waals surface area contributed by atoms with Crippen LogP contribution in [0.3, 0.4) is 0 Å². The van der Waals surface area contributed by atoms with E-state index in [4.69, 9.17) is 15.2 Å². The second kappa shape index (κ2) is 5.96. The van der Waals surface area contributed by atoms with E-state index in [1.54, 1.807) is 7.11 Å². The molecule has 0 bridgehead atoms. The largest absolute Gasteiger partial charge is 0.497 e. The van der Waals surface area contributed by atoms with E-state index in [0.29, 0.717) is 5.92 Å². The van der Waals surface area contributed by atoms with Crippen LogP contribution in [0.2, 0.25) is 0 Å². The first-order valence-corrected chi connectivity index (χ1v) is 8.49. The SMILES string of the molecule is COc1cccc(C(N)C2CCOC3(CCSC3)C2)c1. The zero-order valence-corrected chi connectivity index (χ0v) is 12.8. The molecular formula is C16H23NO2S. The molecule has 0 aliphatic carbocycles. The molecule has 1 aromatic rings. The lowest BCUT2D eigenvalue weighted by atomic mass is 9.79. The minimum absolute atomic E-state index is 0.0801. The van der Waals surface area contributed by atoms with Gasteiger partial charge in [0.05, 0.1) is 12.7 Å². The van der Waals surface area contributed by atoms with Gasteiger partial charge in [-0.3, -0.25) is 0 Å². The molecular weight excluding hydrogens is 270 g/mol. The van der Waals surface area contributed by atoms with Gasteiger partial charge in [0, 0.05) is 18.4 Å². The van der Waals surface area contributed by atoms with E-state index in [-0.39, 0.29) is 11.6 Å². The lowest BCUT2D eigenvalue weighted by molar-refractivity contribution is -0.0834. The topological polar surface area (TPSA) is 44.5 Å². The fourth-order valence-electron chi connectivity index (χ4n) is 3.36. The quantitative estimate of drug-likeness (QED) is 0.930. The van der Waals surface area contributed by atoms with Crippen LogP contribution < -0.4 is 10.5 Å². The highest BCUT2D eigenvalue weighted by Gasteiger charge is 2.42. The van der Waals surface area contributed by atoms with Gasteiger partial charge in [-0.05, 0) is 48.6 Å². The van der Waals surface area contributed by atoms with Gasteiger partial charge in [-0.15, -0.1) is 0 Å². The number of rotatable bonds is 3. The summed E-state index contributed by atoms with van der Waals surface area (Å²) >= 11 is 2.01. The highest BCUT2D eigenvalue weighted by molar-refractivity contribution is 7.99. The molecule has 2 aliphatic heterocycles. The molecule has 20 heavy (non-hydrogen) atoms. The maximum absolute atomic E-state index is 6.53. The van der Waals surface area contributed by atoms with Crippen molar-refractivity contribution in [3.63, 3.8) is 0 Å².